The van der Waals surface area contributed by atoms with Crippen molar-refractivity contribution in [3.05, 3.63) is 53.1 Å². The van der Waals surface area contributed by atoms with Gasteiger partial charge < -0.3 is 9.47 Å². The van der Waals surface area contributed by atoms with Gasteiger partial charge in [-0.3, -0.25) is 4.79 Å². The Bertz CT molecular complexity index is 875. The average molecular weight is 319 g/mol. The van der Waals surface area contributed by atoms with Crippen LogP contribution in [0, 0.1) is 18.3 Å². The summed E-state index contributed by atoms with van der Waals surface area (Å²) in [5.74, 6) is -0.0865. The van der Waals surface area contributed by atoms with Crippen LogP contribution < -0.4 is 0 Å². The van der Waals surface area contributed by atoms with Crippen molar-refractivity contribution in [1.82, 2.24) is 19.7 Å². The van der Waals surface area contributed by atoms with Crippen LogP contribution in [0.1, 0.15) is 29.2 Å². The molecule has 2 aromatic rings. The molecule has 4 rings (SSSR count). The third-order valence-electron chi connectivity index (χ3n) is 4.84. The lowest BCUT2D eigenvalue weighted by Crippen LogP contribution is -2.27. The zero-order chi connectivity index (χ0) is 16.7. The highest BCUT2D eigenvalue weighted by Gasteiger charge is 2.33. The zero-order valence-corrected chi connectivity index (χ0v) is 13.4. The van der Waals surface area contributed by atoms with Crippen molar-refractivity contribution < 1.29 is 4.79 Å². The fourth-order valence-corrected chi connectivity index (χ4v) is 3.62. The second kappa shape index (κ2) is 5.60. The number of hydrogen-bond donors (Lipinski definition) is 0. The van der Waals surface area contributed by atoms with Crippen molar-refractivity contribution in [2.45, 2.75) is 25.8 Å². The summed E-state index contributed by atoms with van der Waals surface area (Å²) in [5, 5.41) is 17.3. The van der Waals surface area contributed by atoms with Crippen LogP contribution in [0.25, 0.3) is 5.70 Å². The summed E-state index contributed by atoms with van der Waals surface area (Å²) in [4.78, 5) is 14.6. The number of Topliss-reactive ketones (excluding diaryl/α,β-unsaturated/α-hetero) is 1. The maximum Gasteiger partial charge on any atom is 0.179 e. The number of allylic oxidation sites excluding steroid dienone is 1. The van der Waals surface area contributed by atoms with Crippen molar-refractivity contribution in [2.75, 3.05) is 13.1 Å². The van der Waals surface area contributed by atoms with Gasteiger partial charge in [0.1, 0.15) is 24.3 Å². The predicted octanol–water partition coefficient (Wildman–Crippen LogP) is 1.89. The fourth-order valence-electron chi connectivity index (χ4n) is 3.62. The molecule has 1 aromatic carbocycles. The van der Waals surface area contributed by atoms with Crippen LogP contribution in [0.3, 0.4) is 0 Å². The topological polar surface area (TPSA) is 74.8 Å². The van der Waals surface area contributed by atoms with E-state index < -0.39 is 0 Å². The molecule has 0 amide bonds. The minimum atomic E-state index is -0.0865. The number of likely N-dealkylation sites (tertiary alicyclic amines) is 1. The molecule has 0 unspecified atom stereocenters. The van der Waals surface area contributed by atoms with Crippen LogP contribution in [0.2, 0.25) is 0 Å². The summed E-state index contributed by atoms with van der Waals surface area (Å²) in [6.07, 6.45) is 4.69. The fraction of sp³-hybridized carbons (Fsp3) is 0.333. The minimum Gasteiger partial charge on any atom is -0.368 e. The second-order valence-electron chi connectivity index (χ2n) is 6.39. The van der Waals surface area contributed by atoms with E-state index in [0.29, 0.717) is 6.42 Å². The van der Waals surface area contributed by atoms with E-state index in [4.69, 9.17) is 0 Å². The second-order valence-corrected chi connectivity index (χ2v) is 6.39. The number of rotatable bonds is 2. The van der Waals surface area contributed by atoms with Gasteiger partial charge in [-0.2, -0.15) is 5.26 Å². The maximum atomic E-state index is 12.4. The maximum absolute atomic E-state index is 12.4. The number of nitrogens with zero attached hydrogens (tertiary/aromatic N) is 5. The van der Waals surface area contributed by atoms with E-state index in [-0.39, 0.29) is 17.4 Å². The highest BCUT2D eigenvalue weighted by Crippen LogP contribution is 2.36. The largest absolute Gasteiger partial charge is 0.368 e. The first-order chi connectivity index (χ1) is 11.7. The van der Waals surface area contributed by atoms with Crippen LogP contribution in [0.5, 0.6) is 0 Å². The van der Waals surface area contributed by atoms with E-state index in [1.165, 1.54) is 0 Å². The van der Waals surface area contributed by atoms with E-state index >= 15 is 0 Å². The standard InChI is InChI=1S/C18H17N5O/c1-12-2-3-13-7-17(24)16(8-19)18(15(13)6-12)22-5-4-14(9-22)23-10-20-21-11-23/h2-3,6,10-11,14H,4-5,7,9H2,1H3/t14-/m1/s1. The van der Waals surface area contributed by atoms with Crippen molar-refractivity contribution in [1.29, 1.82) is 5.26 Å². The molecule has 2 heterocycles. The molecule has 1 saturated heterocycles. The lowest BCUT2D eigenvalue weighted by atomic mass is 9.87. The number of ketones is 1. The highest BCUT2D eigenvalue weighted by atomic mass is 16.1. The third-order valence-corrected chi connectivity index (χ3v) is 4.84. The first kappa shape index (κ1) is 14.6. The summed E-state index contributed by atoms with van der Waals surface area (Å²) in [7, 11) is 0. The third kappa shape index (κ3) is 2.29. The summed E-state index contributed by atoms with van der Waals surface area (Å²) in [5.41, 5.74) is 4.25. The van der Waals surface area contributed by atoms with Crippen molar-refractivity contribution in [3.63, 3.8) is 0 Å². The molecule has 120 valence electrons. The van der Waals surface area contributed by atoms with Crippen LogP contribution >= 0.6 is 0 Å². The molecule has 0 saturated carbocycles. The molecular weight excluding hydrogens is 302 g/mol. The lowest BCUT2D eigenvalue weighted by Gasteiger charge is -2.28. The Hall–Kier alpha value is -2.94. The smallest absolute Gasteiger partial charge is 0.179 e. The van der Waals surface area contributed by atoms with Crippen LogP contribution in [-0.2, 0) is 11.2 Å². The van der Waals surface area contributed by atoms with E-state index in [1.54, 1.807) is 12.7 Å². The molecule has 24 heavy (non-hydrogen) atoms. The van der Waals surface area contributed by atoms with Gasteiger partial charge in [0.15, 0.2) is 5.78 Å². The first-order valence-corrected chi connectivity index (χ1v) is 8.04. The average Bonchev–Trinajstić information content (AvgIpc) is 3.25. The Morgan fingerprint density at radius 1 is 1.29 bits per heavy atom. The molecule has 2 aliphatic rings. The molecule has 1 aliphatic carbocycles. The number of hydrogen-bond acceptors (Lipinski definition) is 5. The molecule has 0 radical (unpaired) electrons. The Morgan fingerprint density at radius 3 is 2.83 bits per heavy atom. The zero-order valence-electron chi connectivity index (χ0n) is 13.4. The molecule has 6 heteroatoms. The number of benzene rings is 1. The SMILES string of the molecule is Cc1ccc2c(c1)C(N1CC[C@@H](n3cnnc3)C1)=C(C#N)C(=O)C2. The molecule has 0 spiro atoms. The number of carbonyl (C=O) groups is 1. The van der Waals surface area contributed by atoms with Crippen LogP contribution in [0.4, 0.5) is 0 Å². The van der Waals surface area contributed by atoms with Crippen molar-refractivity contribution in [3.8, 4) is 6.07 Å². The summed E-state index contributed by atoms with van der Waals surface area (Å²) < 4.78 is 1.99. The molecule has 1 fully saturated rings. The van der Waals surface area contributed by atoms with Gasteiger partial charge in [-0.05, 0) is 25.0 Å². The molecular formula is C18H17N5O. The van der Waals surface area contributed by atoms with E-state index in [0.717, 1.165) is 41.9 Å². The molecule has 1 aliphatic heterocycles. The Labute approximate surface area is 140 Å². The van der Waals surface area contributed by atoms with Crippen molar-refractivity contribution in [2.24, 2.45) is 0 Å². The van der Waals surface area contributed by atoms with Crippen molar-refractivity contribution >= 4 is 11.5 Å². The van der Waals surface area contributed by atoms with Gasteiger partial charge in [-0.25, -0.2) is 0 Å². The molecule has 0 bridgehead atoms. The van der Waals surface area contributed by atoms with Gasteiger partial charge >= 0.3 is 0 Å². The van der Waals surface area contributed by atoms with Gasteiger partial charge in [0.05, 0.1) is 11.7 Å². The highest BCUT2D eigenvalue weighted by molar-refractivity contribution is 6.09. The quantitative estimate of drug-likeness (QED) is 0.845. The van der Waals surface area contributed by atoms with E-state index in [2.05, 4.69) is 27.2 Å². The monoisotopic (exact) mass is 319 g/mol. The van der Waals surface area contributed by atoms with Crippen LogP contribution in [0.15, 0.2) is 36.4 Å². The Balaban J connectivity index is 1.76. The summed E-state index contributed by atoms with van der Waals surface area (Å²) >= 11 is 0. The summed E-state index contributed by atoms with van der Waals surface area (Å²) in [6.45, 7) is 3.59. The van der Waals surface area contributed by atoms with Gasteiger partial charge in [-0.1, -0.05) is 17.7 Å². The number of fused-ring (bicyclic) bond motifs is 1. The molecule has 6 nitrogen and oxygen atoms in total. The Kier molecular flexibility index (Phi) is 3.42. The number of nitriles is 1. The predicted molar refractivity (Wildman–Crippen MR) is 87.7 cm³/mol. The number of aryl methyl sites for hydroxylation is 1. The van der Waals surface area contributed by atoms with Gasteiger partial charge in [0, 0.05) is 25.1 Å². The summed E-state index contributed by atoms with van der Waals surface area (Å²) in [6, 6.07) is 8.52. The lowest BCUT2D eigenvalue weighted by molar-refractivity contribution is -0.114. The van der Waals surface area contributed by atoms with Gasteiger partial charge in [0.25, 0.3) is 0 Å². The van der Waals surface area contributed by atoms with E-state index in [9.17, 15) is 10.1 Å². The molecule has 1 atom stereocenters. The number of carbonyl (C=O) groups excluding carboxylic acids is 1. The van der Waals surface area contributed by atoms with Gasteiger partial charge in [0.2, 0.25) is 0 Å². The molecule has 1 aromatic heterocycles. The van der Waals surface area contributed by atoms with Gasteiger partial charge in [-0.15, -0.1) is 10.2 Å². The normalized spacial score (nSPS) is 20.2. The Morgan fingerprint density at radius 2 is 2.08 bits per heavy atom. The van der Waals surface area contributed by atoms with Crippen LogP contribution in [-0.4, -0.2) is 38.5 Å². The van der Waals surface area contributed by atoms with E-state index in [1.807, 2.05) is 23.6 Å². The first-order valence-electron chi connectivity index (χ1n) is 8.04. The number of aromatic nitrogens is 3. The molecule has 0 N–H and O–H groups in total. The minimum absolute atomic E-state index is 0.0865.